The molecule has 0 spiro atoms. The number of carboxylic acids is 1. The van der Waals surface area contributed by atoms with Gasteiger partial charge in [0.25, 0.3) is 0 Å². The van der Waals surface area contributed by atoms with Crippen molar-refractivity contribution in [1.29, 1.82) is 0 Å². The summed E-state index contributed by atoms with van der Waals surface area (Å²) in [5, 5.41) is 13.5. The van der Waals surface area contributed by atoms with Gasteiger partial charge in [0.15, 0.2) is 0 Å². The van der Waals surface area contributed by atoms with Crippen LogP contribution >= 0.6 is 0 Å². The number of likely N-dealkylation sites (tertiary alicyclic amines) is 1. The number of piperidine rings is 1. The minimum atomic E-state index is -0.688. The molecule has 1 N–H and O–H groups in total. The van der Waals surface area contributed by atoms with Crippen molar-refractivity contribution in [3.05, 3.63) is 17.5 Å². The molecule has 1 fully saturated rings. The smallest absolute Gasteiger partial charge is 0.303 e. The van der Waals surface area contributed by atoms with E-state index >= 15 is 0 Å². The molecular formula is C16H27N3O2. The van der Waals surface area contributed by atoms with Gasteiger partial charge >= 0.3 is 5.97 Å². The van der Waals surface area contributed by atoms with Crippen LogP contribution in [0.15, 0.2) is 6.07 Å². The topological polar surface area (TPSA) is 58.4 Å². The van der Waals surface area contributed by atoms with Gasteiger partial charge in [0, 0.05) is 25.6 Å². The Morgan fingerprint density at radius 2 is 2.24 bits per heavy atom. The highest BCUT2D eigenvalue weighted by molar-refractivity contribution is 5.66. The van der Waals surface area contributed by atoms with Gasteiger partial charge in [-0.2, -0.15) is 5.10 Å². The molecule has 118 valence electrons. The molecular weight excluding hydrogens is 266 g/mol. The summed E-state index contributed by atoms with van der Waals surface area (Å²) < 4.78 is 2.09. The third-order valence-electron chi connectivity index (χ3n) is 4.38. The van der Waals surface area contributed by atoms with Crippen LogP contribution in [0.2, 0.25) is 0 Å². The highest BCUT2D eigenvalue weighted by Crippen LogP contribution is 2.23. The minimum absolute atomic E-state index is 0.272. The molecule has 2 heterocycles. The Balaban J connectivity index is 2.04. The molecule has 0 aliphatic carbocycles. The van der Waals surface area contributed by atoms with Crippen molar-refractivity contribution in [3.63, 3.8) is 0 Å². The van der Waals surface area contributed by atoms with E-state index in [0.717, 1.165) is 44.6 Å². The Morgan fingerprint density at radius 1 is 1.43 bits per heavy atom. The molecule has 0 bridgehead atoms. The summed E-state index contributed by atoms with van der Waals surface area (Å²) in [5.41, 5.74) is 2.41. The van der Waals surface area contributed by atoms with E-state index in [2.05, 4.69) is 34.6 Å². The number of aryl methyl sites for hydroxylation is 2. The number of aliphatic carboxylic acids is 1. The second-order valence-electron chi connectivity index (χ2n) is 5.85. The molecule has 1 aliphatic heterocycles. The van der Waals surface area contributed by atoms with Crippen molar-refractivity contribution in [2.24, 2.45) is 0 Å². The number of hydrogen-bond acceptors (Lipinski definition) is 3. The number of hydrogen-bond donors (Lipinski definition) is 1. The number of carboxylic acid groups (broad SMARTS) is 1. The van der Waals surface area contributed by atoms with E-state index in [9.17, 15) is 4.79 Å². The number of aromatic nitrogens is 2. The van der Waals surface area contributed by atoms with Crippen molar-refractivity contribution in [3.8, 4) is 0 Å². The maximum Gasteiger partial charge on any atom is 0.303 e. The molecule has 21 heavy (non-hydrogen) atoms. The molecule has 1 aliphatic rings. The first-order chi connectivity index (χ1) is 10.1. The van der Waals surface area contributed by atoms with E-state index in [1.165, 1.54) is 18.5 Å². The fourth-order valence-electron chi connectivity index (χ4n) is 3.18. The van der Waals surface area contributed by atoms with Gasteiger partial charge in [-0.15, -0.1) is 0 Å². The van der Waals surface area contributed by atoms with Crippen LogP contribution in [0.1, 0.15) is 57.3 Å². The standard InChI is InChI=1S/C16H27N3O2/c1-3-13-11-15(19(4-2)17-13)12-18-10-6-5-7-14(18)8-9-16(20)21/h11,14H,3-10,12H2,1-2H3,(H,20,21). The van der Waals surface area contributed by atoms with Crippen molar-refractivity contribution < 1.29 is 9.90 Å². The molecule has 1 atom stereocenters. The van der Waals surface area contributed by atoms with Crippen LogP contribution in [0.5, 0.6) is 0 Å². The monoisotopic (exact) mass is 293 g/mol. The number of carbonyl (C=O) groups is 1. The van der Waals surface area contributed by atoms with Crippen LogP contribution in [-0.4, -0.2) is 38.3 Å². The molecule has 0 aromatic carbocycles. The Labute approximate surface area is 126 Å². The van der Waals surface area contributed by atoms with Crippen LogP contribution in [0.3, 0.4) is 0 Å². The lowest BCUT2D eigenvalue weighted by molar-refractivity contribution is -0.137. The van der Waals surface area contributed by atoms with Crippen molar-refractivity contribution in [1.82, 2.24) is 14.7 Å². The van der Waals surface area contributed by atoms with Gasteiger partial charge in [-0.05, 0) is 45.2 Å². The van der Waals surface area contributed by atoms with Gasteiger partial charge in [0.2, 0.25) is 0 Å². The lowest BCUT2D eigenvalue weighted by atomic mass is 9.97. The highest BCUT2D eigenvalue weighted by atomic mass is 16.4. The van der Waals surface area contributed by atoms with Crippen LogP contribution in [0.25, 0.3) is 0 Å². The summed E-state index contributed by atoms with van der Waals surface area (Å²) in [6.07, 6.45) is 5.54. The largest absolute Gasteiger partial charge is 0.481 e. The molecule has 1 saturated heterocycles. The lowest BCUT2D eigenvalue weighted by Gasteiger charge is -2.35. The van der Waals surface area contributed by atoms with E-state index in [1.807, 2.05) is 0 Å². The van der Waals surface area contributed by atoms with Crippen LogP contribution in [0.4, 0.5) is 0 Å². The third kappa shape index (κ3) is 4.30. The average molecular weight is 293 g/mol. The van der Waals surface area contributed by atoms with Crippen molar-refractivity contribution in [2.45, 2.75) is 71.5 Å². The third-order valence-corrected chi connectivity index (χ3v) is 4.38. The number of rotatable bonds is 7. The minimum Gasteiger partial charge on any atom is -0.481 e. The molecule has 1 aromatic rings. The molecule has 0 amide bonds. The molecule has 2 rings (SSSR count). The van der Waals surface area contributed by atoms with E-state index in [-0.39, 0.29) is 6.42 Å². The van der Waals surface area contributed by atoms with Gasteiger partial charge in [-0.3, -0.25) is 14.4 Å². The first kappa shape index (κ1) is 16.0. The van der Waals surface area contributed by atoms with Gasteiger partial charge in [0.05, 0.1) is 11.4 Å². The second-order valence-corrected chi connectivity index (χ2v) is 5.85. The zero-order valence-electron chi connectivity index (χ0n) is 13.2. The van der Waals surface area contributed by atoms with E-state index in [0.29, 0.717) is 6.04 Å². The Hall–Kier alpha value is -1.36. The fraction of sp³-hybridized carbons (Fsp3) is 0.750. The van der Waals surface area contributed by atoms with Crippen LogP contribution in [0, 0.1) is 0 Å². The summed E-state index contributed by atoms with van der Waals surface area (Å²) in [5.74, 6) is -0.688. The Morgan fingerprint density at radius 3 is 2.90 bits per heavy atom. The fourth-order valence-corrected chi connectivity index (χ4v) is 3.18. The zero-order chi connectivity index (χ0) is 15.2. The molecule has 5 heteroatoms. The van der Waals surface area contributed by atoms with Gasteiger partial charge in [-0.1, -0.05) is 13.3 Å². The highest BCUT2D eigenvalue weighted by Gasteiger charge is 2.24. The molecule has 1 aromatic heterocycles. The quantitative estimate of drug-likeness (QED) is 0.839. The lowest BCUT2D eigenvalue weighted by Crippen LogP contribution is -2.39. The summed E-state index contributed by atoms with van der Waals surface area (Å²) in [7, 11) is 0. The van der Waals surface area contributed by atoms with Gasteiger partial charge in [-0.25, -0.2) is 0 Å². The first-order valence-electron chi connectivity index (χ1n) is 8.15. The average Bonchev–Trinajstić information content (AvgIpc) is 2.88. The predicted molar refractivity (Wildman–Crippen MR) is 82.2 cm³/mol. The Kier molecular flexibility index (Phi) is 5.79. The SMILES string of the molecule is CCc1cc(CN2CCCCC2CCC(=O)O)n(CC)n1. The van der Waals surface area contributed by atoms with Crippen LogP contribution in [-0.2, 0) is 24.3 Å². The summed E-state index contributed by atoms with van der Waals surface area (Å²) in [6.45, 7) is 7.10. The van der Waals surface area contributed by atoms with Crippen molar-refractivity contribution >= 4 is 5.97 Å². The second kappa shape index (κ2) is 7.59. The molecule has 5 nitrogen and oxygen atoms in total. The van der Waals surface area contributed by atoms with Crippen LogP contribution < -0.4 is 0 Å². The van der Waals surface area contributed by atoms with E-state index in [4.69, 9.17) is 5.11 Å². The van der Waals surface area contributed by atoms with Crippen molar-refractivity contribution in [2.75, 3.05) is 6.54 Å². The molecule has 0 saturated carbocycles. The van der Waals surface area contributed by atoms with Gasteiger partial charge in [0.1, 0.15) is 0 Å². The maximum absolute atomic E-state index is 10.8. The van der Waals surface area contributed by atoms with Gasteiger partial charge < -0.3 is 5.11 Å². The molecule has 1 unspecified atom stereocenters. The summed E-state index contributed by atoms with van der Waals surface area (Å²) in [4.78, 5) is 13.3. The number of nitrogens with zero attached hydrogens (tertiary/aromatic N) is 3. The zero-order valence-corrected chi connectivity index (χ0v) is 13.2. The van der Waals surface area contributed by atoms with E-state index < -0.39 is 5.97 Å². The first-order valence-corrected chi connectivity index (χ1v) is 8.15. The van der Waals surface area contributed by atoms with E-state index in [1.54, 1.807) is 0 Å². The molecule has 0 radical (unpaired) electrons. The Bertz CT molecular complexity index is 470. The normalized spacial score (nSPS) is 19.8. The predicted octanol–water partition coefficient (Wildman–Crippen LogP) is 2.68. The maximum atomic E-state index is 10.8. The summed E-state index contributed by atoms with van der Waals surface area (Å²) in [6, 6.07) is 2.60. The summed E-state index contributed by atoms with van der Waals surface area (Å²) >= 11 is 0.